The van der Waals surface area contributed by atoms with E-state index in [1.165, 1.54) is 41.3 Å². The maximum Gasteiger partial charge on any atom is 0.319 e. The Balaban J connectivity index is 1.72. The third-order valence-electron chi connectivity index (χ3n) is 4.29. The van der Waals surface area contributed by atoms with Crippen molar-refractivity contribution < 1.29 is 14.0 Å². The molecule has 31 heavy (non-hydrogen) atoms. The smallest absolute Gasteiger partial charge is 0.319 e. The van der Waals surface area contributed by atoms with Gasteiger partial charge in [0, 0.05) is 28.3 Å². The molecule has 2 N–H and O–H groups in total. The molecule has 5 nitrogen and oxygen atoms in total. The van der Waals surface area contributed by atoms with Gasteiger partial charge in [0.05, 0.1) is 16.3 Å². The monoisotopic (exact) mass is 523 g/mol. The summed E-state index contributed by atoms with van der Waals surface area (Å²) in [5.41, 5.74) is 1.32. The van der Waals surface area contributed by atoms with Crippen molar-refractivity contribution in [2.24, 2.45) is 0 Å². The number of nitrogens with one attached hydrogen (secondary N) is 2. The number of nitrogens with zero attached hydrogens (tertiary/aromatic N) is 1. The fourth-order valence-corrected chi connectivity index (χ4v) is 3.66. The first-order valence-electron chi connectivity index (χ1n) is 9.17. The van der Waals surface area contributed by atoms with E-state index in [9.17, 15) is 14.0 Å². The van der Waals surface area contributed by atoms with Crippen LogP contribution < -0.4 is 15.5 Å². The number of halogens is 4. The lowest BCUT2D eigenvalue weighted by atomic mass is 10.1. The molecule has 3 aromatic carbocycles. The average molecular weight is 525 g/mol. The summed E-state index contributed by atoms with van der Waals surface area (Å²) in [5.74, 6) is -0.826. The molecule has 0 unspecified atom stereocenters. The molecule has 160 valence electrons. The first-order chi connectivity index (χ1) is 14.8. The van der Waals surface area contributed by atoms with Crippen LogP contribution in [0.25, 0.3) is 0 Å². The van der Waals surface area contributed by atoms with Gasteiger partial charge in [0.25, 0.3) is 5.91 Å². The van der Waals surface area contributed by atoms with Gasteiger partial charge in [-0.15, -0.1) is 0 Å². The molecule has 0 heterocycles. The molecule has 3 amide bonds. The van der Waals surface area contributed by atoms with Gasteiger partial charge in [-0.3, -0.25) is 4.79 Å². The zero-order valence-corrected chi connectivity index (χ0v) is 19.1. The minimum Gasteiger partial charge on any atom is -0.336 e. The Hall–Kier alpha value is -2.61. The van der Waals surface area contributed by atoms with E-state index in [-0.39, 0.29) is 23.7 Å². The first kappa shape index (κ1) is 23.1. The zero-order chi connectivity index (χ0) is 22.4. The predicted octanol–water partition coefficient (Wildman–Crippen LogP) is 6.36. The second kappa shape index (κ2) is 10.6. The van der Waals surface area contributed by atoms with Gasteiger partial charge < -0.3 is 15.5 Å². The Morgan fingerprint density at radius 3 is 2.39 bits per heavy atom. The summed E-state index contributed by atoms with van der Waals surface area (Å²) in [6.07, 6.45) is 0. The van der Waals surface area contributed by atoms with Gasteiger partial charge >= 0.3 is 6.03 Å². The Kier molecular flexibility index (Phi) is 7.90. The summed E-state index contributed by atoms with van der Waals surface area (Å²) >= 11 is 15.5. The minimum atomic E-state index is -0.428. The molecule has 3 rings (SSSR count). The molecule has 0 fully saturated rings. The number of carbonyl (C=O) groups excluding carboxylic acids is 2. The zero-order valence-electron chi connectivity index (χ0n) is 16.0. The molecule has 0 aromatic heterocycles. The lowest BCUT2D eigenvalue weighted by molar-refractivity contribution is 0.0987. The maximum absolute atomic E-state index is 13.4. The lowest BCUT2D eigenvalue weighted by Crippen LogP contribution is -2.40. The molecule has 3 aromatic rings. The first-order valence-corrected chi connectivity index (χ1v) is 10.7. The van der Waals surface area contributed by atoms with Crippen LogP contribution in [0.5, 0.6) is 0 Å². The second-order valence-corrected chi connectivity index (χ2v) is 8.12. The maximum atomic E-state index is 13.4. The van der Waals surface area contributed by atoms with Crippen molar-refractivity contribution in [1.29, 1.82) is 0 Å². The van der Waals surface area contributed by atoms with Crippen LogP contribution in [-0.2, 0) is 0 Å². The summed E-state index contributed by atoms with van der Waals surface area (Å²) in [4.78, 5) is 26.8. The SMILES string of the molecule is O=C(NCCN(C(=O)c1ccc(Cl)cc1Cl)c1ccc(F)cc1)Nc1ccccc1Br. The third kappa shape index (κ3) is 6.19. The normalized spacial score (nSPS) is 10.5. The molecule has 0 aliphatic carbocycles. The average Bonchev–Trinajstić information content (AvgIpc) is 2.73. The number of hydrogen-bond acceptors (Lipinski definition) is 2. The molecule has 0 spiro atoms. The van der Waals surface area contributed by atoms with E-state index in [0.29, 0.717) is 16.4 Å². The van der Waals surface area contributed by atoms with Crippen molar-refractivity contribution in [1.82, 2.24) is 5.32 Å². The summed E-state index contributed by atoms with van der Waals surface area (Å²) in [7, 11) is 0. The number of hydrogen-bond donors (Lipinski definition) is 2. The molecule has 9 heteroatoms. The van der Waals surface area contributed by atoms with E-state index in [4.69, 9.17) is 23.2 Å². The number of anilines is 2. The summed E-state index contributed by atoms with van der Waals surface area (Å²) < 4.78 is 14.1. The van der Waals surface area contributed by atoms with Crippen LogP contribution >= 0.6 is 39.1 Å². The van der Waals surface area contributed by atoms with Gasteiger partial charge in [-0.05, 0) is 70.5 Å². The topological polar surface area (TPSA) is 61.4 Å². The van der Waals surface area contributed by atoms with E-state index in [0.717, 1.165) is 4.47 Å². The van der Waals surface area contributed by atoms with Gasteiger partial charge in [0.1, 0.15) is 5.82 Å². The third-order valence-corrected chi connectivity index (χ3v) is 5.53. The standard InChI is InChI=1S/C22H17BrCl2FN3O2/c23-18-3-1-2-4-20(18)28-22(31)27-11-12-29(16-8-6-15(26)7-9-16)21(30)17-10-5-14(24)13-19(17)25/h1-10,13H,11-12H2,(H2,27,28,31). The molecular weight excluding hydrogens is 508 g/mol. The van der Waals surface area contributed by atoms with E-state index >= 15 is 0 Å². The number of amides is 3. The Bertz CT molecular complexity index is 1100. The van der Waals surface area contributed by atoms with Crippen LogP contribution in [0.15, 0.2) is 71.2 Å². The van der Waals surface area contributed by atoms with E-state index in [2.05, 4.69) is 26.6 Å². The highest BCUT2D eigenvalue weighted by Crippen LogP contribution is 2.25. The van der Waals surface area contributed by atoms with Crippen LogP contribution in [-0.4, -0.2) is 25.0 Å². The van der Waals surface area contributed by atoms with Crippen LogP contribution in [0.3, 0.4) is 0 Å². The van der Waals surface area contributed by atoms with Crippen LogP contribution in [0, 0.1) is 5.82 Å². The quantitative estimate of drug-likeness (QED) is 0.394. The lowest BCUT2D eigenvalue weighted by Gasteiger charge is -2.24. The Labute approximate surface area is 197 Å². The number of para-hydroxylation sites is 1. The molecule has 0 aliphatic heterocycles. The van der Waals surface area contributed by atoms with Gasteiger partial charge in [-0.2, -0.15) is 0 Å². The second-order valence-electron chi connectivity index (χ2n) is 6.42. The number of carbonyl (C=O) groups is 2. The molecule has 0 bridgehead atoms. The molecule has 0 aliphatic rings. The van der Waals surface area contributed by atoms with Crippen LogP contribution in [0.2, 0.25) is 10.0 Å². The van der Waals surface area contributed by atoms with Gasteiger partial charge in [0.2, 0.25) is 0 Å². The number of rotatable bonds is 6. The largest absolute Gasteiger partial charge is 0.336 e. The fourth-order valence-electron chi connectivity index (χ4n) is 2.79. The Morgan fingerprint density at radius 1 is 1.00 bits per heavy atom. The minimum absolute atomic E-state index is 0.132. The summed E-state index contributed by atoms with van der Waals surface area (Å²) in [6.45, 7) is 0.275. The van der Waals surface area contributed by atoms with E-state index < -0.39 is 17.8 Å². The van der Waals surface area contributed by atoms with Crippen molar-refractivity contribution in [3.63, 3.8) is 0 Å². The number of benzene rings is 3. The molecule has 0 saturated carbocycles. The van der Waals surface area contributed by atoms with Gasteiger partial charge in [-0.25, -0.2) is 9.18 Å². The highest BCUT2D eigenvalue weighted by Gasteiger charge is 2.20. The number of urea groups is 1. The summed E-state index contributed by atoms with van der Waals surface area (Å²) in [6, 6.07) is 16.8. The van der Waals surface area contributed by atoms with Gasteiger partial charge in [0.15, 0.2) is 0 Å². The van der Waals surface area contributed by atoms with Crippen LogP contribution in [0.4, 0.5) is 20.6 Å². The molecular formula is C22H17BrCl2FN3O2. The molecule has 0 saturated heterocycles. The van der Waals surface area contributed by atoms with Crippen molar-refractivity contribution in [3.8, 4) is 0 Å². The van der Waals surface area contributed by atoms with Crippen molar-refractivity contribution >= 4 is 62.4 Å². The summed E-state index contributed by atoms with van der Waals surface area (Å²) in [5, 5.41) is 6.03. The van der Waals surface area contributed by atoms with E-state index in [1.807, 2.05) is 6.07 Å². The molecule has 0 radical (unpaired) electrons. The highest BCUT2D eigenvalue weighted by molar-refractivity contribution is 9.10. The van der Waals surface area contributed by atoms with Crippen molar-refractivity contribution in [2.45, 2.75) is 0 Å². The predicted molar refractivity (Wildman–Crippen MR) is 126 cm³/mol. The Morgan fingerprint density at radius 2 is 1.71 bits per heavy atom. The van der Waals surface area contributed by atoms with Crippen LogP contribution in [0.1, 0.15) is 10.4 Å². The van der Waals surface area contributed by atoms with E-state index in [1.54, 1.807) is 24.3 Å². The molecule has 0 atom stereocenters. The van der Waals surface area contributed by atoms with Crippen molar-refractivity contribution in [2.75, 3.05) is 23.3 Å². The van der Waals surface area contributed by atoms with Crippen molar-refractivity contribution in [3.05, 3.63) is 92.6 Å². The highest BCUT2D eigenvalue weighted by atomic mass is 79.9. The van der Waals surface area contributed by atoms with Gasteiger partial charge in [-0.1, -0.05) is 35.3 Å². The fraction of sp³-hybridized carbons (Fsp3) is 0.0909.